The number of benzene rings is 2. The van der Waals surface area contributed by atoms with Crippen LogP contribution < -0.4 is 10.2 Å². The third kappa shape index (κ3) is 3.87. The predicted molar refractivity (Wildman–Crippen MR) is 89.2 cm³/mol. The van der Waals surface area contributed by atoms with Crippen LogP contribution in [0.15, 0.2) is 48.5 Å². The predicted octanol–water partition coefficient (Wildman–Crippen LogP) is 2.65. The Balaban J connectivity index is 0.00000192. The van der Waals surface area contributed by atoms with Gasteiger partial charge >= 0.3 is 0 Å². The summed E-state index contributed by atoms with van der Waals surface area (Å²) in [4.78, 5) is 11.9. The molecule has 0 atom stereocenters. The molecule has 0 spiro atoms. The first kappa shape index (κ1) is 17.0. The van der Waals surface area contributed by atoms with Crippen molar-refractivity contribution >= 4 is 28.7 Å². The lowest BCUT2D eigenvalue weighted by molar-refractivity contribution is -0.126. The highest BCUT2D eigenvalue weighted by Gasteiger charge is 2.24. The second-order valence-corrected chi connectivity index (χ2v) is 4.87. The molecule has 0 radical (unpaired) electrons. The second-order valence-electron chi connectivity index (χ2n) is 4.87. The molecular weight excluding hydrogens is 365 g/mol. The Hall–Kier alpha value is -2.41. The van der Waals surface area contributed by atoms with E-state index >= 15 is 0 Å². The fraction of sp³-hybridized carbons (Fsp3) is 0.125. The summed E-state index contributed by atoms with van der Waals surface area (Å²) in [5.74, 6) is -0.291. The Morgan fingerprint density at radius 3 is 2.78 bits per heavy atom. The standard InChI is InChI=1S/C16H14FN3O2.BrH/c17-12-5-3-6-13(8-12)22-10-15(21)19-20-9-11-4-1-2-7-14(11)16(20)18;/h1-8,18H,9-10H2,(H,19,21);1H. The van der Waals surface area contributed by atoms with E-state index in [0.717, 1.165) is 11.1 Å². The van der Waals surface area contributed by atoms with Gasteiger partial charge in [-0.05, 0) is 17.7 Å². The van der Waals surface area contributed by atoms with E-state index in [1.165, 1.54) is 23.2 Å². The number of nitrogens with one attached hydrogen (secondary N) is 2. The van der Waals surface area contributed by atoms with E-state index in [-0.39, 0.29) is 35.2 Å². The lowest BCUT2D eigenvalue weighted by Crippen LogP contribution is -2.44. The molecule has 0 saturated heterocycles. The van der Waals surface area contributed by atoms with Gasteiger partial charge < -0.3 is 4.74 Å². The van der Waals surface area contributed by atoms with Crippen LogP contribution >= 0.6 is 17.0 Å². The fourth-order valence-electron chi connectivity index (χ4n) is 2.27. The number of hydrogen-bond donors (Lipinski definition) is 2. The summed E-state index contributed by atoms with van der Waals surface area (Å²) in [5, 5.41) is 9.49. The maximum Gasteiger partial charge on any atom is 0.276 e. The van der Waals surface area contributed by atoms with Crippen molar-refractivity contribution in [3.8, 4) is 5.75 Å². The van der Waals surface area contributed by atoms with Gasteiger partial charge in [0.1, 0.15) is 17.4 Å². The number of hydrogen-bond acceptors (Lipinski definition) is 3. The van der Waals surface area contributed by atoms with Crippen LogP contribution in [0.4, 0.5) is 4.39 Å². The highest BCUT2D eigenvalue weighted by Crippen LogP contribution is 2.20. The van der Waals surface area contributed by atoms with E-state index in [9.17, 15) is 9.18 Å². The first-order valence-electron chi connectivity index (χ1n) is 6.76. The summed E-state index contributed by atoms with van der Waals surface area (Å²) in [6.45, 7) is 0.199. The van der Waals surface area contributed by atoms with E-state index in [1.54, 1.807) is 6.07 Å². The summed E-state index contributed by atoms with van der Waals surface area (Å²) in [6.07, 6.45) is 0. The molecule has 1 aliphatic rings. The Morgan fingerprint density at radius 2 is 2.04 bits per heavy atom. The minimum absolute atomic E-state index is 0. The number of carbonyl (C=O) groups is 1. The van der Waals surface area contributed by atoms with Gasteiger partial charge in [0.15, 0.2) is 6.61 Å². The number of amidine groups is 1. The molecule has 1 heterocycles. The smallest absolute Gasteiger partial charge is 0.276 e. The molecular formula is C16H15BrFN3O2. The van der Waals surface area contributed by atoms with Gasteiger partial charge in [0.25, 0.3) is 5.91 Å². The molecule has 0 aliphatic carbocycles. The molecule has 2 N–H and O–H groups in total. The van der Waals surface area contributed by atoms with Gasteiger partial charge in [-0.15, -0.1) is 17.0 Å². The number of rotatable bonds is 4. The van der Waals surface area contributed by atoms with Crippen LogP contribution in [0.25, 0.3) is 0 Å². The summed E-state index contributed by atoms with van der Waals surface area (Å²) in [5.41, 5.74) is 4.40. The number of ether oxygens (including phenoxy) is 1. The normalized spacial score (nSPS) is 12.4. The van der Waals surface area contributed by atoms with Crippen molar-refractivity contribution in [1.29, 1.82) is 5.41 Å². The second kappa shape index (κ2) is 7.23. The van der Waals surface area contributed by atoms with Gasteiger partial charge in [-0.1, -0.05) is 30.3 Å². The zero-order chi connectivity index (χ0) is 15.5. The van der Waals surface area contributed by atoms with E-state index < -0.39 is 11.7 Å². The molecule has 120 valence electrons. The number of halogens is 2. The molecule has 0 fully saturated rings. The number of nitrogens with zero attached hydrogens (tertiary/aromatic N) is 1. The van der Waals surface area contributed by atoms with Crippen LogP contribution in [-0.2, 0) is 11.3 Å². The van der Waals surface area contributed by atoms with E-state index in [0.29, 0.717) is 6.54 Å². The largest absolute Gasteiger partial charge is 0.484 e. The monoisotopic (exact) mass is 379 g/mol. The number of fused-ring (bicyclic) bond motifs is 1. The highest BCUT2D eigenvalue weighted by molar-refractivity contribution is 8.93. The number of carbonyl (C=O) groups excluding carboxylic acids is 1. The van der Waals surface area contributed by atoms with E-state index in [2.05, 4.69) is 5.43 Å². The van der Waals surface area contributed by atoms with Crippen LogP contribution in [0.5, 0.6) is 5.75 Å². The minimum Gasteiger partial charge on any atom is -0.484 e. The molecule has 3 rings (SSSR count). The molecule has 0 bridgehead atoms. The van der Waals surface area contributed by atoms with E-state index in [1.807, 2.05) is 24.3 Å². The van der Waals surface area contributed by atoms with Crippen molar-refractivity contribution < 1.29 is 13.9 Å². The quantitative estimate of drug-likeness (QED) is 0.857. The summed E-state index contributed by atoms with van der Waals surface area (Å²) in [6, 6.07) is 13.1. The Labute approximate surface area is 143 Å². The third-order valence-corrected chi connectivity index (χ3v) is 3.30. The van der Waals surface area contributed by atoms with Crippen LogP contribution in [-0.4, -0.2) is 23.4 Å². The highest BCUT2D eigenvalue weighted by atomic mass is 79.9. The number of amides is 1. The fourth-order valence-corrected chi connectivity index (χ4v) is 2.27. The first-order chi connectivity index (χ1) is 10.6. The summed E-state index contributed by atoms with van der Waals surface area (Å²) >= 11 is 0. The van der Waals surface area contributed by atoms with Crippen LogP contribution in [0.3, 0.4) is 0 Å². The van der Waals surface area contributed by atoms with Crippen molar-refractivity contribution in [3.63, 3.8) is 0 Å². The van der Waals surface area contributed by atoms with Gasteiger partial charge in [-0.25, -0.2) is 4.39 Å². The molecule has 0 aromatic heterocycles. The van der Waals surface area contributed by atoms with Crippen LogP contribution in [0, 0.1) is 11.2 Å². The lowest BCUT2D eigenvalue weighted by atomic mass is 10.1. The topological polar surface area (TPSA) is 65.4 Å². The maximum absolute atomic E-state index is 13.0. The molecule has 2 aromatic rings. The van der Waals surface area contributed by atoms with Crippen LogP contribution in [0.1, 0.15) is 11.1 Å². The van der Waals surface area contributed by atoms with Gasteiger partial charge in [0.05, 0.1) is 6.54 Å². The van der Waals surface area contributed by atoms with Gasteiger partial charge in [-0.3, -0.25) is 20.6 Å². The Bertz CT molecular complexity index is 739. The van der Waals surface area contributed by atoms with Gasteiger partial charge in [-0.2, -0.15) is 0 Å². The Morgan fingerprint density at radius 1 is 1.26 bits per heavy atom. The van der Waals surface area contributed by atoms with Crippen molar-refractivity contribution in [2.75, 3.05) is 6.61 Å². The van der Waals surface area contributed by atoms with Crippen molar-refractivity contribution in [3.05, 3.63) is 65.5 Å². The third-order valence-electron chi connectivity index (χ3n) is 3.30. The van der Waals surface area contributed by atoms with Crippen LogP contribution in [0.2, 0.25) is 0 Å². The SMILES string of the molecule is Br.N=C1c2ccccc2CN1NC(=O)COc1cccc(F)c1. The Kier molecular flexibility index (Phi) is 5.33. The molecule has 5 nitrogen and oxygen atoms in total. The number of hydrazine groups is 1. The zero-order valence-electron chi connectivity index (χ0n) is 12.1. The molecule has 2 aromatic carbocycles. The average molecular weight is 380 g/mol. The lowest BCUT2D eigenvalue weighted by Gasteiger charge is -2.19. The van der Waals surface area contributed by atoms with Crippen molar-refractivity contribution in [1.82, 2.24) is 10.4 Å². The molecule has 1 amide bonds. The first-order valence-corrected chi connectivity index (χ1v) is 6.76. The van der Waals surface area contributed by atoms with Gasteiger partial charge in [0, 0.05) is 11.6 Å². The molecule has 1 aliphatic heterocycles. The minimum atomic E-state index is -0.422. The summed E-state index contributed by atoms with van der Waals surface area (Å²) in [7, 11) is 0. The molecule has 0 unspecified atom stereocenters. The molecule has 23 heavy (non-hydrogen) atoms. The van der Waals surface area contributed by atoms with Crippen molar-refractivity contribution in [2.24, 2.45) is 0 Å². The zero-order valence-corrected chi connectivity index (χ0v) is 13.8. The van der Waals surface area contributed by atoms with Gasteiger partial charge in [0.2, 0.25) is 0 Å². The summed E-state index contributed by atoms with van der Waals surface area (Å²) < 4.78 is 18.2. The maximum atomic E-state index is 13.0. The average Bonchev–Trinajstić information content (AvgIpc) is 2.82. The van der Waals surface area contributed by atoms with Crippen molar-refractivity contribution in [2.45, 2.75) is 6.54 Å². The molecule has 0 saturated carbocycles. The molecule has 7 heteroatoms. The van der Waals surface area contributed by atoms with E-state index in [4.69, 9.17) is 10.1 Å².